The molecule has 38 heavy (non-hydrogen) atoms. The van der Waals surface area contributed by atoms with Crippen LogP contribution in [0, 0.1) is 6.92 Å². The number of carbonyl (C=O) groups excluding carboxylic acids is 2. The predicted octanol–water partition coefficient (Wildman–Crippen LogP) is 2.57. The van der Waals surface area contributed by atoms with E-state index in [-0.39, 0.29) is 23.0 Å². The van der Waals surface area contributed by atoms with Crippen molar-refractivity contribution in [2.75, 3.05) is 33.0 Å². The second-order valence-electron chi connectivity index (χ2n) is 8.88. The predicted molar refractivity (Wildman–Crippen MR) is 155 cm³/mol. The van der Waals surface area contributed by atoms with Gasteiger partial charge in [0.25, 0.3) is 0 Å². The van der Waals surface area contributed by atoms with Crippen molar-refractivity contribution < 1.29 is 9.59 Å². The summed E-state index contributed by atoms with van der Waals surface area (Å²) in [4.78, 5) is 30.9. The van der Waals surface area contributed by atoms with Crippen molar-refractivity contribution in [3.05, 3.63) is 83.2 Å². The van der Waals surface area contributed by atoms with Crippen LogP contribution in [0.2, 0.25) is 0 Å². The Labute approximate surface area is 222 Å². The number of hydrogen-bond donors (Lipinski definition) is 4. The van der Waals surface area contributed by atoms with Crippen molar-refractivity contribution in [2.24, 2.45) is 28.6 Å². The third kappa shape index (κ3) is 6.34. The number of hydrazone groups is 1. The van der Waals surface area contributed by atoms with E-state index < -0.39 is 0 Å². The number of hydrogen-bond acceptors (Lipinski definition) is 7. The Morgan fingerprint density at radius 2 is 1.79 bits per heavy atom. The lowest BCUT2D eigenvalue weighted by molar-refractivity contribution is -0.112. The third-order valence-corrected chi connectivity index (χ3v) is 5.84. The molecule has 6 N–H and O–H groups in total. The zero-order valence-corrected chi connectivity index (χ0v) is 22.3. The minimum absolute atomic E-state index is 0.0221. The highest BCUT2D eigenvalue weighted by Gasteiger charge is 2.24. The summed E-state index contributed by atoms with van der Waals surface area (Å²) in [6.45, 7) is 2.65. The second kappa shape index (κ2) is 12.5. The van der Waals surface area contributed by atoms with Crippen LogP contribution in [-0.4, -0.2) is 60.9 Å². The van der Waals surface area contributed by atoms with E-state index in [9.17, 15) is 9.59 Å². The normalized spacial score (nSPS) is 13.2. The molecule has 0 aliphatic rings. The number of nitrogens with one attached hydrogen (secondary N) is 2. The van der Waals surface area contributed by atoms with E-state index in [0.717, 1.165) is 22.2 Å². The zero-order chi connectivity index (χ0) is 27.8. The fourth-order valence-electron chi connectivity index (χ4n) is 4.09. The Morgan fingerprint density at radius 3 is 2.39 bits per heavy atom. The van der Waals surface area contributed by atoms with Crippen molar-refractivity contribution >= 4 is 46.0 Å². The number of nitrogens with two attached hydrogens (primary N) is 2. The number of aryl methyl sites for hydroxylation is 2. The van der Waals surface area contributed by atoms with Gasteiger partial charge in [0.1, 0.15) is 5.71 Å². The number of rotatable bonds is 10. The molecule has 3 aromatic rings. The first-order valence-corrected chi connectivity index (χ1v) is 12.0. The Kier molecular flexibility index (Phi) is 9.18. The molecule has 0 saturated carbocycles. The molecule has 10 heteroatoms. The minimum Gasteiger partial charge on any atom is -0.395 e. The van der Waals surface area contributed by atoms with Crippen LogP contribution < -0.4 is 22.2 Å². The lowest BCUT2D eigenvalue weighted by atomic mass is 10.0. The number of benzene rings is 2. The van der Waals surface area contributed by atoms with E-state index in [1.165, 1.54) is 6.08 Å². The summed E-state index contributed by atoms with van der Waals surface area (Å²) in [6.07, 6.45) is 3.81. The molecule has 0 aliphatic heterocycles. The fourth-order valence-corrected chi connectivity index (χ4v) is 4.09. The van der Waals surface area contributed by atoms with Crippen LogP contribution in [0.15, 0.2) is 82.0 Å². The van der Waals surface area contributed by atoms with E-state index in [2.05, 4.69) is 15.8 Å². The minimum atomic E-state index is -0.227. The van der Waals surface area contributed by atoms with Crippen molar-refractivity contribution in [3.8, 4) is 0 Å². The molecule has 0 radical (unpaired) electrons. The van der Waals surface area contributed by atoms with Gasteiger partial charge in [-0.15, -0.1) is 0 Å². The van der Waals surface area contributed by atoms with Gasteiger partial charge in [-0.3, -0.25) is 9.59 Å². The summed E-state index contributed by atoms with van der Waals surface area (Å²) in [5.74, 6) is -0.205. The molecule has 10 nitrogen and oxygen atoms in total. The monoisotopic (exact) mass is 514 g/mol. The number of carbonyl (C=O) groups is 2. The molecule has 0 bridgehead atoms. The lowest BCUT2D eigenvalue weighted by Gasteiger charge is -2.15. The maximum absolute atomic E-state index is 12.2. The summed E-state index contributed by atoms with van der Waals surface area (Å²) in [6, 6.07) is 15.0. The van der Waals surface area contributed by atoms with Gasteiger partial charge in [0, 0.05) is 43.3 Å². The number of amides is 1. The molecule has 1 amide bonds. The number of para-hydroxylation sites is 1. The van der Waals surface area contributed by atoms with Crippen LogP contribution in [0.3, 0.4) is 0 Å². The number of aromatic nitrogens is 1. The lowest BCUT2D eigenvalue weighted by Crippen LogP contribution is -2.29. The topological polar surface area (TPSA) is 143 Å². The summed E-state index contributed by atoms with van der Waals surface area (Å²) in [5, 5.41) is 7.94. The number of aliphatic imine (C=N–C) groups is 1. The fraction of sp³-hybridized carbons (Fsp3) is 0.214. The second-order valence-corrected chi connectivity index (χ2v) is 8.88. The Balaban J connectivity index is 2.12. The molecule has 198 valence electrons. The molecule has 0 unspecified atom stereocenters. The van der Waals surface area contributed by atoms with Gasteiger partial charge >= 0.3 is 0 Å². The van der Waals surface area contributed by atoms with Crippen LogP contribution in [0.25, 0.3) is 10.9 Å². The number of allylic oxidation sites excluding steroid dienone is 1. The Morgan fingerprint density at radius 1 is 1.11 bits per heavy atom. The first-order chi connectivity index (χ1) is 18.2. The third-order valence-electron chi connectivity index (χ3n) is 5.84. The molecule has 0 aliphatic carbocycles. The number of aldehydes is 1. The van der Waals surface area contributed by atoms with Gasteiger partial charge in [-0.2, -0.15) is 5.10 Å². The molecule has 0 saturated heterocycles. The van der Waals surface area contributed by atoms with Gasteiger partial charge in [-0.1, -0.05) is 24.3 Å². The molecule has 0 fully saturated rings. The molecule has 3 rings (SSSR count). The largest absolute Gasteiger partial charge is 0.395 e. The van der Waals surface area contributed by atoms with Crippen LogP contribution >= 0.6 is 0 Å². The molecular weight excluding hydrogens is 480 g/mol. The molecule has 1 aromatic heterocycles. The van der Waals surface area contributed by atoms with E-state index in [4.69, 9.17) is 16.5 Å². The van der Waals surface area contributed by atoms with Crippen molar-refractivity contribution in [2.45, 2.75) is 6.92 Å². The molecular formula is C28H34N8O2. The van der Waals surface area contributed by atoms with E-state index >= 15 is 0 Å². The van der Waals surface area contributed by atoms with Gasteiger partial charge in [-0.05, 0) is 56.9 Å². The SMILES string of the molecule is CN/N=C(/N)C(C(=Nc1ccc(NC(=O)/C=C/CN(C)C)cc1)c1c(C)c2ccccc2n1C)=C(N)C=O. The number of amidine groups is 1. The summed E-state index contributed by atoms with van der Waals surface area (Å²) in [5.41, 5.74) is 19.4. The molecule has 2 aromatic carbocycles. The maximum atomic E-state index is 12.2. The number of anilines is 1. The highest BCUT2D eigenvalue weighted by Crippen LogP contribution is 2.29. The first kappa shape index (κ1) is 27.9. The van der Waals surface area contributed by atoms with Crippen LogP contribution in [0.5, 0.6) is 0 Å². The van der Waals surface area contributed by atoms with Crippen LogP contribution in [0.1, 0.15) is 11.3 Å². The van der Waals surface area contributed by atoms with E-state index in [1.54, 1.807) is 37.4 Å². The first-order valence-electron chi connectivity index (χ1n) is 12.0. The van der Waals surface area contributed by atoms with Gasteiger partial charge < -0.3 is 31.7 Å². The summed E-state index contributed by atoms with van der Waals surface area (Å²) in [7, 11) is 7.37. The Bertz CT molecular complexity index is 1400. The van der Waals surface area contributed by atoms with Crippen molar-refractivity contribution in [1.82, 2.24) is 14.9 Å². The average molecular weight is 515 g/mol. The smallest absolute Gasteiger partial charge is 0.248 e. The maximum Gasteiger partial charge on any atom is 0.248 e. The molecule has 1 heterocycles. The average Bonchev–Trinajstić information content (AvgIpc) is 3.14. The summed E-state index contributed by atoms with van der Waals surface area (Å²) < 4.78 is 1.99. The van der Waals surface area contributed by atoms with E-state index in [0.29, 0.717) is 29.9 Å². The van der Waals surface area contributed by atoms with Gasteiger partial charge in [-0.25, -0.2) is 4.99 Å². The van der Waals surface area contributed by atoms with Gasteiger partial charge in [0.2, 0.25) is 5.91 Å². The Hall–Kier alpha value is -4.70. The standard InChI is InChI=1S/C28H34N8O2/c1-18-21-9-6-7-10-23(21)36(5)27(18)26(25(22(29)17-37)28(30)34-31-2)33-20-14-12-19(13-15-20)32-24(38)11-8-16-35(3)4/h6-15,17,31H,16,29H2,1-5H3,(H2,30,34)(H,32,38)/b11-8+,25-22?,33-26?. The summed E-state index contributed by atoms with van der Waals surface area (Å²) >= 11 is 0. The van der Waals surface area contributed by atoms with E-state index in [1.807, 2.05) is 61.8 Å². The zero-order valence-electron chi connectivity index (χ0n) is 22.3. The van der Waals surface area contributed by atoms with Gasteiger partial charge in [0.15, 0.2) is 12.1 Å². The van der Waals surface area contributed by atoms with Crippen LogP contribution in [0.4, 0.5) is 11.4 Å². The van der Waals surface area contributed by atoms with Crippen LogP contribution in [-0.2, 0) is 16.6 Å². The van der Waals surface area contributed by atoms with Crippen molar-refractivity contribution in [1.29, 1.82) is 0 Å². The molecule has 0 atom stereocenters. The number of fused-ring (bicyclic) bond motifs is 1. The quantitative estimate of drug-likeness (QED) is 0.108. The van der Waals surface area contributed by atoms with Gasteiger partial charge in [0.05, 0.1) is 22.7 Å². The highest BCUT2D eigenvalue weighted by molar-refractivity contribution is 6.32. The van der Waals surface area contributed by atoms with Crippen molar-refractivity contribution in [3.63, 3.8) is 0 Å². The number of likely N-dealkylation sites (N-methyl/N-ethyl adjacent to an activating group) is 1. The number of nitrogens with zero attached hydrogens (tertiary/aromatic N) is 4. The molecule has 0 spiro atoms. The highest BCUT2D eigenvalue weighted by atomic mass is 16.1.